The Labute approximate surface area is 240 Å². The topological polar surface area (TPSA) is 105 Å². The van der Waals surface area contributed by atoms with Crippen LogP contribution in [0.4, 0.5) is 16.2 Å². The van der Waals surface area contributed by atoms with Crippen LogP contribution in [0.15, 0.2) is 69.1 Å². The third-order valence-electron chi connectivity index (χ3n) is 5.73. The van der Waals surface area contributed by atoms with Crippen molar-refractivity contribution >= 4 is 84.7 Å². The highest BCUT2D eigenvalue weighted by Crippen LogP contribution is 2.35. The summed E-state index contributed by atoms with van der Waals surface area (Å²) in [5, 5.41) is 5.31. The highest BCUT2D eigenvalue weighted by atomic mass is 79.9. The molecule has 5 amide bonds. The van der Waals surface area contributed by atoms with Crippen molar-refractivity contribution in [3.63, 3.8) is 0 Å². The zero-order valence-electron chi connectivity index (χ0n) is 20.1. The van der Waals surface area contributed by atoms with Gasteiger partial charge in [-0.25, -0.2) is 9.69 Å². The third kappa shape index (κ3) is 5.98. The number of carbonyl (C=O) groups is 4. The molecule has 1 aliphatic heterocycles. The summed E-state index contributed by atoms with van der Waals surface area (Å²) in [6, 6.07) is 14.2. The molecule has 1 heterocycles. The standard InChI is InChI=1S/C27H20Br2ClN3O5/c1-14-5-3-8-22(15(14)2)31-23(34)13-38-24-16(9-17(28)11-21(24)29)10-20-25(35)32-27(37)33(26(20)36)19-7-4-6-18(30)12-19/h3-12H,13H2,1-2H3,(H,31,34)(H,32,35,37)/b20-10+. The van der Waals surface area contributed by atoms with E-state index < -0.39 is 23.8 Å². The summed E-state index contributed by atoms with van der Waals surface area (Å²) < 4.78 is 6.92. The maximum atomic E-state index is 13.3. The zero-order chi connectivity index (χ0) is 27.6. The summed E-state index contributed by atoms with van der Waals surface area (Å²) in [7, 11) is 0. The molecule has 4 rings (SSSR count). The number of nitrogens with zero attached hydrogens (tertiary/aromatic N) is 1. The maximum Gasteiger partial charge on any atom is 0.335 e. The van der Waals surface area contributed by atoms with Gasteiger partial charge < -0.3 is 10.1 Å². The van der Waals surface area contributed by atoms with Gasteiger partial charge in [0.25, 0.3) is 17.7 Å². The van der Waals surface area contributed by atoms with Gasteiger partial charge in [-0.1, -0.05) is 45.7 Å². The number of nitrogens with one attached hydrogen (secondary N) is 2. The smallest absolute Gasteiger partial charge is 0.335 e. The number of amides is 5. The third-order valence-corrected chi connectivity index (χ3v) is 7.01. The molecule has 1 aliphatic rings. The largest absolute Gasteiger partial charge is 0.482 e. The fraction of sp³-hybridized carbons (Fsp3) is 0.111. The SMILES string of the molecule is Cc1cccc(NC(=O)COc2c(Br)cc(Br)cc2/C=C2\C(=O)NC(=O)N(c3cccc(Cl)c3)C2=O)c1C. The molecule has 1 saturated heterocycles. The first-order valence-corrected chi connectivity index (χ1v) is 13.2. The number of halogens is 3. The van der Waals surface area contributed by atoms with Gasteiger partial charge in [-0.2, -0.15) is 0 Å². The van der Waals surface area contributed by atoms with E-state index in [1.807, 2.05) is 26.0 Å². The molecule has 0 spiro atoms. The monoisotopic (exact) mass is 659 g/mol. The van der Waals surface area contributed by atoms with E-state index in [-0.39, 0.29) is 23.6 Å². The number of rotatable bonds is 6. The normalized spacial score (nSPS) is 14.5. The van der Waals surface area contributed by atoms with Crippen molar-refractivity contribution in [1.29, 1.82) is 0 Å². The van der Waals surface area contributed by atoms with Crippen molar-refractivity contribution in [2.45, 2.75) is 13.8 Å². The molecule has 0 bridgehead atoms. The molecule has 0 aromatic heterocycles. The number of ether oxygens (including phenoxy) is 1. The Morgan fingerprint density at radius 2 is 1.82 bits per heavy atom. The van der Waals surface area contributed by atoms with Gasteiger partial charge in [0.2, 0.25) is 0 Å². The van der Waals surface area contributed by atoms with E-state index in [1.54, 1.807) is 30.3 Å². The van der Waals surface area contributed by atoms with E-state index in [2.05, 4.69) is 42.5 Å². The van der Waals surface area contributed by atoms with Gasteiger partial charge in [0.05, 0.1) is 10.2 Å². The number of hydrogen-bond donors (Lipinski definition) is 2. The summed E-state index contributed by atoms with van der Waals surface area (Å²) in [4.78, 5) is 51.9. The minimum atomic E-state index is -0.894. The summed E-state index contributed by atoms with van der Waals surface area (Å²) in [6.07, 6.45) is 1.30. The van der Waals surface area contributed by atoms with E-state index in [0.717, 1.165) is 16.0 Å². The van der Waals surface area contributed by atoms with Crippen molar-refractivity contribution in [1.82, 2.24) is 5.32 Å². The average molecular weight is 662 g/mol. The van der Waals surface area contributed by atoms with Gasteiger partial charge in [-0.3, -0.25) is 19.7 Å². The molecular weight excluding hydrogens is 642 g/mol. The molecule has 11 heteroatoms. The molecule has 8 nitrogen and oxygen atoms in total. The average Bonchev–Trinajstić information content (AvgIpc) is 2.84. The minimum absolute atomic E-state index is 0.202. The first-order valence-electron chi connectivity index (χ1n) is 11.2. The number of aryl methyl sites for hydroxylation is 1. The first-order chi connectivity index (χ1) is 18.0. The Hall–Kier alpha value is -3.47. The van der Waals surface area contributed by atoms with Crippen molar-refractivity contribution < 1.29 is 23.9 Å². The summed E-state index contributed by atoms with van der Waals surface area (Å²) in [5.74, 6) is -1.87. The van der Waals surface area contributed by atoms with E-state index in [1.165, 1.54) is 18.2 Å². The van der Waals surface area contributed by atoms with Gasteiger partial charge >= 0.3 is 6.03 Å². The van der Waals surface area contributed by atoms with E-state index in [0.29, 0.717) is 25.2 Å². The van der Waals surface area contributed by atoms with E-state index in [9.17, 15) is 19.2 Å². The van der Waals surface area contributed by atoms with Crippen LogP contribution in [0.1, 0.15) is 16.7 Å². The van der Waals surface area contributed by atoms with Crippen molar-refractivity contribution in [2.24, 2.45) is 0 Å². The lowest BCUT2D eigenvalue weighted by Crippen LogP contribution is -2.54. The highest BCUT2D eigenvalue weighted by molar-refractivity contribution is 9.11. The van der Waals surface area contributed by atoms with E-state index >= 15 is 0 Å². The van der Waals surface area contributed by atoms with Crippen molar-refractivity contribution in [3.8, 4) is 5.75 Å². The summed E-state index contributed by atoms with van der Waals surface area (Å²) in [6.45, 7) is 3.52. The van der Waals surface area contributed by atoms with Crippen LogP contribution in [0.3, 0.4) is 0 Å². The van der Waals surface area contributed by atoms with Crippen molar-refractivity contribution in [3.05, 3.63) is 90.8 Å². The number of anilines is 2. The lowest BCUT2D eigenvalue weighted by molar-refractivity contribution is -0.122. The van der Waals surface area contributed by atoms with Gasteiger partial charge in [-0.15, -0.1) is 0 Å². The minimum Gasteiger partial charge on any atom is -0.482 e. The summed E-state index contributed by atoms with van der Waals surface area (Å²) in [5.41, 5.74) is 2.87. The number of imide groups is 2. The highest BCUT2D eigenvalue weighted by Gasteiger charge is 2.37. The van der Waals surface area contributed by atoms with Gasteiger partial charge in [0.1, 0.15) is 11.3 Å². The Morgan fingerprint density at radius 1 is 1.08 bits per heavy atom. The molecule has 2 N–H and O–H groups in total. The molecule has 3 aromatic carbocycles. The van der Waals surface area contributed by atoms with Gasteiger partial charge in [0.15, 0.2) is 6.61 Å². The van der Waals surface area contributed by atoms with Crippen LogP contribution >= 0.6 is 43.5 Å². The lowest BCUT2D eigenvalue weighted by atomic mass is 10.1. The first kappa shape index (κ1) is 27.6. The zero-order valence-corrected chi connectivity index (χ0v) is 24.0. The molecular formula is C27H20Br2ClN3O5. The lowest BCUT2D eigenvalue weighted by Gasteiger charge is -2.26. The fourth-order valence-electron chi connectivity index (χ4n) is 3.71. The number of urea groups is 1. The quantitative estimate of drug-likeness (QED) is 0.243. The second kappa shape index (κ2) is 11.5. The Kier molecular flexibility index (Phi) is 8.35. The van der Waals surface area contributed by atoms with Crippen LogP contribution in [0, 0.1) is 13.8 Å². The van der Waals surface area contributed by atoms with Crippen molar-refractivity contribution in [2.75, 3.05) is 16.8 Å². The van der Waals surface area contributed by atoms with Crippen LogP contribution in [0.2, 0.25) is 5.02 Å². The van der Waals surface area contributed by atoms with Crippen LogP contribution < -0.4 is 20.3 Å². The molecule has 0 aliphatic carbocycles. The van der Waals surface area contributed by atoms with Crippen LogP contribution in [-0.4, -0.2) is 30.4 Å². The Bertz CT molecular complexity index is 1520. The molecule has 194 valence electrons. The predicted octanol–water partition coefficient (Wildman–Crippen LogP) is 6.17. The Balaban J connectivity index is 1.63. The number of benzene rings is 3. The second-order valence-electron chi connectivity index (χ2n) is 8.33. The Morgan fingerprint density at radius 3 is 2.55 bits per heavy atom. The molecule has 0 saturated carbocycles. The van der Waals surface area contributed by atoms with Crippen LogP contribution in [-0.2, 0) is 14.4 Å². The van der Waals surface area contributed by atoms with Gasteiger partial charge in [-0.05, 0) is 83.4 Å². The second-order valence-corrected chi connectivity index (χ2v) is 10.5. The summed E-state index contributed by atoms with van der Waals surface area (Å²) >= 11 is 12.8. The number of barbiturate groups is 1. The molecule has 0 unspecified atom stereocenters. The maximum absolute atomic E-state index is 13.3. The molecule has 38 heavy (non-hydrogen) atoms. The predicted molar refractivity (Wildman–Crippen MR) is 152 cm³/mol. The molecule has 0 atom stereocenters. The van der Waals surface area contributed by atoms with Gasteiger partial charge in [0, 0.05) is 20.7 Å². The molecule has 1 fully saturated rings. The number of hydrogen-bond acceptors (Lipinski definition) is 5. The molecule has 3 aromatic rings. The molecule has 0 radical (unpaired) electrons. The number of carbonyl (C=O) groups excluding carboxylic acids is 4. The van der Waals surface area contributed by atoms with Crippen LogP contribution in [0.25, 0.3) is 6.08 Å². The van der Waals surface area contributed by atoms with Crippen LogP contribution in [0.5, 0.6) is 5.75 Å². The van der Waals surface area contributed by atoms with E-state index in [4.69, 9.17) is 16.3 Å². The fourth-order valence-corrected chi connectivity index (χ4v) is 5.27.